The summed E-state index contributed by atoms with van der Waals surface area (Å²) in [6, 6.07) is 0. The zero-order chi connectivity index (χ0) is 21.7. The fourth-order valence-corrected chi connectivity index (χ4v) is 9.59. The molecule has 4 rings (SSSR count). The van der Waals surface area contributed by atoms with Crippen LogP contribution in [0.2, 0.25) is 0 Å². The molecule has 0 aliphatic heterocycles. The van der Waals surface area contributed by atoms with E-state index < -0.39 is 5.00 Å². The summed E-state index contributed by atoms with van der Waals surface area (Å²) < 4.78 is 0. The Labute approximate surface area is 190 Å². The van der Waals surface area contributed by atoms with Crippen LogP contribution in [-0.4, -0.2) is 5.00 Å². The van der Waals surface area contributed by atoms with Crippen LogP contribution < -0.4 is 0 Å². The minimum Gasteiger partial charge on any atom is -0.149 e. The van der Waals surface area contributed by atoms with Crippen molar-refractivity contribution < 1.29 is 0 Å². The van der Waals surface area contributed by atoms with Gasteiger partial charge in [0.2, 0.25) is 0 Å². The molecule has 4 aliphatic carbocycles. The lowest BCUT2D eigenvalue weighted by molar-refractivity contribution is -0.118. The predicted molar refractivity (Wildman–Crippen MR) is 127 cm³/mol. The summed E-state index contributed by atoms with van der Waals surface area (Å²) in [7, 11) is 0. The summed E-state index contributed by atoms with van der Waals surface area (Å²) in [5.41, 5.74) is 0.950. The van der Waals surface area contributed by atoms with E-state index in [1.165, 1.54) is 57.8 Å². The van der Waals surface area contributed by atoms with Gasteiger partial charge in [-0.15, -0.1) is 4.91 Å². The van der Waals surface area contributed by atoms with E-state index in [9.17, 15) is 4.91 Å². The third kappa shape index (κ3) is 3.80. The van der Waals surface area contributed by atoms with Gasteiger partial charge in [-0.2, -0.15) is 0 Å². The molecule has 0 amide bonds. The second-order valence-corrected chi connectivity index (χ2v) is 13.6. The number of halogens is 1. The van der Waals surface area contributed by atoms with Crippen LogP contribution in [0.3, 0.4) is 0 Å². The molecule has 0 aromatic rings. The molecule has 0 aromatic heterocycles. The first-order valence-corrected chi connectivity index (χ1v) is 13.5. The molecule has 4 fully saturated rings. The Morgan fingerprint density at radius 1 is 0.900 bits per heavy atom. The Kier molecular flexibility index (Phi) is 6.42. The van der Waals surface area contributed by atoms with Gasteiger partial charge in [0.1, 0.15) is 0 Å². The van der Waals surface area contributed by atoms with E-state index in [-0.39, 0.29) is 0 Å². The van der Waals surface area contributed by atoms with Crippen LogP contribution in [0.25, 0.3) is 0 Å². The average molecular weight is 436 g/mol. The van der Waals surface area contributed by atoms with Gasteiger partial charge >= 0.3 is 0 Å². The minimum atomic E-state index is -0.815. The molecule has 4 aliphatic rings. The third-order valence-electron chi connectivity index (χ3n) is 11.0. The molecule has 9 atom stereocenters. The highest BCUT2D eigenvalue weighted by molar-refractivity contribution is 6.23. The number of fused-ring (bicyclic) bond motifs is 5. The van der Waals surface area contributed by atoms with Crippen molar-refractivity contribution in [3.63, 3.8) is 0 Å². The smallest absolute Gasteiger partial charge is 0.149 e. The quantitative estimate of drug-likeness (QED) is 0.232. The van der Waals surface area contributed by atoms with Gasteiger partial charge in [0, 0.05) is 0 Å². The monoisotopic (exact) mass is 435 g/mol. The molecule has 2 nitrogen and oxygen atoms in total. The van der Waals surface area contributed by atoms with Gasteiger partial charge in [-0.3, -0.25) is 0 Å². The van der Waals surface area contributed by atoms with Gasteiger partial charge in [-0.05, 0) is 115 Å². The van der Waals surface area contributed by atoms with Crippen LogP contribution in [0.5, 0.6) is 0 Å². The number of rotatable bonds is 6. The highest BCUT2D eigenvalue weighted by Gasteiger charge is 2.61. The first-order valence-electron chi connectivity index (χ1n) is 13.2. The Balaban J connectivity index is 1.47. The second kappa shape index (κ2) is 8.35. The second-order valence-electron chi connectivity index (χ2n) is 12.9. The molecule has 0 radical (unpaired) electrons. The van der Waals surface area contributed by atoms with Crippen LogP contribution in [-0.2, 0) is 0 Å². The fourth-order valence-electron chi connectivity index (χ4n) is 9.31. The highest BCUT2D eigenvalue weighted by Crippen LogP contribution is 2.69. The zero-order valence-corrected chi connectivity index (χ0v) is 21.0. The molecule has 0 bridgehead atoms. The van der Waals surface area contributed by atoms with Crippen molar-refractivity contribution in [3.8, 4) is 0 Å². The molecule has 4 saturated carbocycles. The molecular weight excluding hydrogens is 390 g/mol. The van der Waals surface area contributed by atoms with Crippen LogP contribution in [0, 0.1) is 57.2 Å². The van der Waals surface area contributed by atoms with Crippen LogP contribution in [0.1, 0.15) is 112 Å². The molecule has 0 spiro atoms. The molecule has 30 heavy (non-hydrogen) atoms. The first-order chi connectivity index (χ1) is 14.1. The van der Waals surface area contributed by atoms with E-state index in [0.29, 0.717) is 16.7 Å². The van der Waals surface area contributed by atoms with Crippen molar-refractivity contribution in [2.24, 2.45) is 57.4 Å². The summed E-state index contributed by atoms with van der Waals surface area (Å²) in [6.07, 6.45) is 15.3. The zero-order valence-electron chi connectivity index (χ0n) is 20.3. The Morgan fingerprint density at radius 2 is 1.63 bits per heavy atom. The third-order valence-corrected chi connectivity index (χ3v) is 11.4. The summed E-state index contributed by atoms with van der Waals surface area (Å²) in [4.78, 5) is 10.5. The number of alkyl halides is 1. The number of hydrogen-bond acceptors (Lipinski definition) is 2. The standard InChI is InChI=1S/C27H46ClNO/c1-18(2)7-6-8-19(3)22-11-12-23-21-10-9-20-17-27(28,29-30)16-15-25(20,4)24(21)13-14-26(22,23)5/h18-24H,6-17H2,1-5H3/t19-,20+,21+,22-,23+,24+,25+,26-,27+/m1/s1. The van der Waals surface area contributed by atoms with Crippen molar-refractivity contribution in [2.45, 2.75) is 117 Å². The van der Waals surface area contributed by atoms with Crippen LogP contribution in [0.15, 0.2) is 5.18 Å². The Bertz CT molecular complexity index is 636. The molecule has 0 heterocycles. The molecule has 0 aromatic carbocycles. The van der Waals surface area contributed by atoms with Gasteiger partial charge in [-0.1, -0.05) is 65.5 Å². The largest absolute Gasteiger partial charge is 0.175 e. The number of nitroso groups, excluding NO2 is 1. The van der Waals surface area contributed by atoms with Gasteiger partial charge < -0.3 is 0 Å². The summed E-state index contributed by atoms with van der Waals surface area (Å²) >= 11 is 6.56. The van der Waals surface area contributed by atoms with Gasteiger partial charge in [0.25, 0.3) is 0 Å². The topological polar surface area (TPSA) is 29.4 Å². The van der Waals surface area contributed by atoms with Crippen molar-refractivity contribution in [1.29, 1.82) is 0 Å². The van der Waals surface area contributed by atoms with Gasteiger partial charge in [-0.25, -0.2) is 0 Å². The predicted octanol–water partition coefficient (Wildman–Crippen LogP) is 8.81. The molecule has 172 valence electrons. The number of nitrogens with zero attached hydrogens (tertiary/aromatic N) is 1. The minimum absolute atomic E-state index is 0.383. The molecule has 0 N–H and O–H groups in total. The van der Waals surface area contributed by atoms with Crippen molar-refractivity contribution in [2.75, 3.05) is 0 Å². The van der Waals surface area contributed by atoms with E-state index in [1.807, 2.05) is 0 Å². The normalized spacial score (nSPS) is 49.2. The summed E-state index contributed by atoms with van der Waals surface area (Å²) in [6.45, 7) is 12.5. The van der Waals surface area contributed by atoms with E-state index in [2.05, 4.69) is 39.8 Å². The van der Waals surface area contributed by atoms with Crippen LogP contribution in [0.4, 0.5) is 0 Å². The summed E-state index contributed by atoms with van der Waals surface area (Å²) in [5, 5.41) is 3.35. The lowest BCUT2D eigenvalue weighted by atomic mass is 9.44. The van der Waals surface area contributed by atoms with E-state index in [1.54, 1.807) is 0 Å². The molecule has 3 heteroatoms. The Morgan fingerprint density at radius 3 is 2.33 bits per heavy atom. The van der Waals surface area contributed by atoms with E-state index in [4.69, 9.17) is 11.6 Å². The number of hydrogen-bond donors (Lipinski definition) is 0. The molecule has 0 unspecified atom stereocenters. The summed E-state index contributed by atoms with van der Waals surface area (Å²) in [5.74, 6) is 5.93. The van der Waals surface area contributed by atoms with Crippen molar-refractivity contribution >= 4 is 11.6 Å². The van der Waals surface area contributed by atoms with E-state index in [0.717, 1.165) is 54.8 Å². The van der Waals surface area contributed by atoms with Gasteiger partial charge in [0.15, 0.2) is 5.00 Å². The van der Waals surface area contributed by atoms with Crippen molar-refractivity contribution in [3.05, 3.63) is 4.91 Å². The maximum atomic E-state index is 11.4. The van der Waals surface area contributed by atoms with Crippen molar-refractivity contribution in [1.82, 2.24) is 0 Å². The molecule has 0 saturated heterocycles. The maximum Gasteiger partial charge on any atom is 0.175 e. The first kappa shape index (κ1) is 23.1. The SMILES string of the molecule is CC(C)CCC[C@@H](C)[C@H]1CC[C@H]2[C@@H]3CC[C@H]4C[C@@](Cl)(N=O)CC[C@]4(C)[C@H]3CC[C@]12C. The lowest BCUT2D eigenvalue weighted by Gasteiger charge is -2.61. The van der Waals surface area contributed by atoms with E-state index >= 15 is 0 Å². The lowest BCUT2D eigenvalue weighted by Crippen LogP contribution is -2.55. The maximum absolute atomic E-state index is 11.4. The highest BCUT2D eigenvalue weighted by atomic mass is 35.5. The van der Waals surface area contributed by atoms with Gasteiger partial charge in [0.05, 0.1) is 0 Å². The Hall–Kier alpha value is -0.110. The van der Waals surface area contributed by atoms with Crippen LogP contribution >= 0.6 is 11.6 Å². The average Bonchev–Trinajstić information content (AvgIpc) is 3.05. The fraction of sp³-hybridized carbons (Fsp3) is 1.00. The molecular formula is C27H46ClNO.